The molecule has 1 aliphatic heterocycles. The number of alkyl halides is 1. The Balaban J connectivity index is 1.43. The van der Waals surface area contributed by atoms with Gasteiger partial charge in [0.2, 0.25) is 0 Å². The van der Waals surface area contributed by atoms with Gasteiger partial charge in [0, 0.05) is 44.3 Å². The summed E-state index contributed by atoms with van der Waals surface area (Å²) in [6.07, 6.45) is 17.6. The Morgan fingerprint density at radius 1 is 0.900 bits per heavy atom. The Hall–Kier alpha value is -1.14. The zero-order chi connectivity index (χ0) is 21.3. The first kappa shape index (κ1) is 25.1. The van der Waals surface area contributed by atoms with Crippen molar-refractivity contribution in [3.05, 3.63) is 23.9 Å². The molecule has 1 aromatic rings. The summed E-state index contributed by atoms with van der Waals surface area (Å²) in [5.41, 5.74) is 0.654. The topological polar surface area (TPSA) is 57.3 Å². The summed E-state index contributed by atoms with van der Waals surface area (Å²) < 4.78 is 0. The maximum absolute atomic E-state index is 12.3. The Morgan fingerprint density at radius 3 is 2.00 bits per heavy atom. The standard InChI is InChI=1S/C24H41BrN4O/c25-15-11-9-7-5-3-1-2-4-6-8-10-12-16-27-24(30)22-13-14-23(28-21-22)29-19-17-26-18-20-29/h13-14,21,26H,1-12,15-20H2,(H,27,30). The first-order chi connectivity index (χ1) is 14.8. The molecule has 0 bridgehead atoms. The fraction of sp³-hybridized carbons (Fsp3) is 0.750. The molecule has 170 valence electrons. The van der Waals surface area contributed by atoms with Gasteiger partial charge in [-0.15, -0.1) is 0 Å². The summed E-state index contributed by atoms with van der Waals surface area (Å²) in [4.78, 5) is 19.0. The minimum absolute atomic E-state index is 0.00880. The molecule has 6 heteroatoms. The van der Waals surface area contributed by atoms with E-state index >= 15 is 0 Å². The lowest BCUT2D eigenvalue weighted by atomic mass is 10.1. The number of hydrogen-bond acceptors (Lipinski definition) is 4. The van der Waals surface area contributed by atoms with E-state index in [4.69, 9.17) is 0 Å². The van der Waals surface area contributed by atoms with Gasteiger partial charge in [-0.05, 0) is 25.0 Å². The van der Waals surface area contributed by atoms with Crippen molar-refractivity contribution in [1.82, 2.24) is 15.6 Å². The number of carbonyl (C=O) groups excluding carboxylic acids is 1. The largest absolute Gasteiger partial charge is 0.354 e. The van der Waals surface area contributed by atoms with Crippen molar-refractivity contribution in [3.63, 3.8) is 0 Å². The van der Waals surface area contributed by atoms with Gasteiger partial charge in [0.1, 0.15) is 5.82 Å². The molecule has 0 atom stereocenters. The van der Waals surface area contributed by atoms with Gasteiger partial charge >= 0.3 is 0 Å². The lowest BCUT2D eigenvalue weighted by Crippen LogP contribution is -2.43. The fourth-order valence-electron chi connectivity index (χ4n) is 3.89. The zero-order valence-corrected chi connectivity index (χ0v) is 20.2. The van der Waals surface area contributed by atoms with E-state index in [1.165, 1.54) is 70.6 Å². The highest BCUT2D eigenvalue weighted by Gasteiger charge is 2.12. The second-order valence-corrected chi connectivity index (χ2v) is 9.12. The highest BCUT2D eigenvalue weighted by molar-refractivity contribution is 9.09. The van der Waals surface area contributed by atoms with Crippen molar-refractivity contribution in [1.29, 1.82) is 0 Å². The number of anilines is 1. The lowest BCUT2D eigenvalue weighted by Gasteiger charge is -2.28. The van der Waals surface area contributed by atoms with Crippen LogP contribution in [0.15, 0.2) is 18.3 Å². The Bertz CT molecular complexity index is 561. The van der Waals surface area contributed by atoms with Crippen LogP contribution in [0.2, 0.25) is 0 Å². The smallest absolute Gasteiger partial charge is 0.252 e. The predicted molar refractivity (Wildman–Crippen MR) is 131 cm³/mol. The molecule has 5 nitrogen and oxygen atoms in total. The molecule has 30 heavy (non-hydrogen) atoms. The number of carbonyl (C=O) groups is 1. The second-order valence-electron chi connectivity index (χ2n) is 8.33. The zero-order valence-electron chi connectivity index (χ0n) is 18.6. The van der Waals surface area contributed by atoms with Gasteiger partial charge in [0.05, 0.1) is 5.56 Å². The number of rotatable bonds is 16. The number of nitrogens with zero attached hydrogens (tertiary/aromatic N) is 2. The van der Waals surface area contributed by atoms with Crippen molar-refractivity contribution in [2.24, 2.45) is 0 Å². The molecule has 2 rings (SSSR count). The molecule has 2 N–H and O–H groups in total. The van der Waals surface area contributed by atoms with Gasteiger partial charge < -0.3 is 15.5 Å². The molecule has 2 heterocycles. The Morgan fingerprint density at radius 2 is 1.47 bits per heavy atom. The molecule has 1 amide bonds. The Kier molecular flexibility index (Phi) is 13.9. The van der Waals surface area contributed by atoms with Crippen LogP contribution >= 0.6 is 15.9 Å². The number of nitrogens with one attached hydrogen (secondary N) is 2. The van der Waals surface area contributed by atoms with E-state index in [0.717, 1.165) is 50.3 Å². The molecule has 1 aromatic heterocycles. The van der Waals surface area contributed by atoms with E-state index in [9.17, 15) is 4.79 Å². The number of hydrogen-bond donors (Lipinski definition) is 2. The summed E-state index contributed by atoms with van der Waals surface area (Å²) in [6.45, 7) is 4.67. The van der Waals surface area contributed by atoms with E-state index < -0.39 is 0 Å². The molecule has 0 aliphatic carbocycles. The minimum atomic E-state index is -0.00880. The van der Waals surface area contributed by atoms with Crippen molar-refractivity contribution >= 4 is 27.7 Å². The quantitative estimate of drug-likeness (QED) is 0.249. The van der Waals surface area contributed by atoms with Gasteiger partial charge in [0.25, 0.3) is 5.91 Å². The third-order valence-electron chi connectivity index (χ3n) is 5.80. The van der Waals surface area contributed by atoms with E-state index in [2.05, 4.69) is 36.4 Å². The number of aromatic nitrogens is 1. The number of unbranched alkanes of at least 4 members (excludes halogenated alkanes) is 11. The van der Waals surface area contributed by atoms with Crippen molar-refractivity contribution in [2.75, 3.05) is 43.0 Å². The molecule has 1 saturated heterocycles. The number of amides is 1. The van der Waals surface area contributed by atoms with Crippen molar-refractivity contribution in [3.8, 4) is 0 Å². The summed E-state index contributed by atoms with van der Waals surface area (Å²) in [6, 6.07) is 3.85. The number of piperazine rings is 1. The molecule has 0 radical (unpaired) electrons. The second kappa shape index (κ2) is 16.5. The highest BCUT2D eigenvalue weighted by Crippen LogP contribution is 2.13. The molecular formula is C24H41BrN4O. The molecule has 0 aromatic carbocycles. The first-order valence-electron chi connectivity index (χ1n) is 12.1. The number of halogens is 1. The molecule has 0 spiro atoms. The van der Waals surface area contributed by atoms with Crippen LogP contribution in [-0.4, -0.2) is 48.9 Å². The SMILES string of the molecule is O=C(NCCCCCCCCCCCCCCBr)c1ccc(N2CCNCC2)nc1. The van der Waals surface area contributed by atoms with Gasteiger partial charge in [-0.3, -0.25) is 4.79 Å². The third-order valence-corrected chi connectivity index (χ3v) is 6.36. The van der Waals surface area contributed by atoms with E-state index in [-0.39, 0.29) is 5.91 Å². The average Bonchev–Trinajstić information content (AvgIpc) is 2.80. The van der Waals surface area contributed by atoms with Gasteiger partial charge in [-0.25, -0.2) is 4.98 Å². The van der Waals surface area contributed by atoms with Crippen LogP contribution in [-0.2, 0) is 0 Å². The highest BCUT2D eigenvalue weighted by atomic mass is 79.9. The van der Waals surface area contributed by atoms with Crippen molar-refractivity contribution < 1.29 is 4.79 Å². The lowest BCUT2D eigenvalue weighted by molar-refractivity contribution is 0.0952. The summed E-state index contributed by atoms with van der Waals surface area (Å²) in [7, 11) is 0. The molecule has 0 unspecified atom stereocenters. The van der Waals surface area contributed by atoms with Crippen LogP contribution in [0.4, 0.5) is 5.82 Å². The van der Waals surface area contributed by atoms with Crippen molar-refractivity contribution in [2.45, 2.75) is 77.0 Å². The predicted octanol–water partition coefficient (Wildman–Crippen LogP) is 5.30. The normalized spacial score (nSPS) is 14.1. The average molecular weight is 482 g/mol. The summed E-state index contributed by atoms with van der Waals surface area (Å²) in [5, 5.41) is 7.52. The minimum Gasteiger partial charge on any atom is -0.354 e. The van der Waals surface area contributed by atoms with Gasteiger partial charge in [-0.2, -0.15) is 0 Å². The van der Waals surface area contributed by atoms with Crippen LogP contribution in [0.5, 0.6) is 0 Å². The van der Waals surface area contributed by atoms with Crippen LogP contribution in [0.3, 0.4) is 0 Å². The van der Waals surface area contributed by atoms with Crippen LogP contribution < -0.4 is 15.5 Å². The fourth-order valence-corrected chi connectivity index (χ4v) is 4.29. The van der Waals surface area contributed by atoms with E-state index in [1.54, 1.807) is 6.20 Å². The third kappa shape index (κ3) is 10.8. The summed E-state index contributed by atoms with van der Waals surface area (Å²) >= 11 is 3.49. The maximum Gasteiger partial charge on any atom is 0.252 e. The van der Waals surface area contributed by atoms with E-state index in [0.29, 0.717) is 5.56 Å². The van der Waals surface area contributed by atoms with Crippen LogP contribution in [0.25, 0.3) is 0 Å². The van der Waals surface area contributed by atoms with E-state index in [1.807, 2.05) is 12.1 Å². The maximum atomic E-state index is 12.3. The van der Waals surface area contributed by atoms with Crippen LogP contribution in [0.1, 0.15) is 87.4 Å². The monoisotopic (exact) mass is 480 g/mol. The van der Waals surface area contributed by atoms with Gasteiger partial charge in [-0.1, -0.05) is 80.1 Å². The number of pyridine rings is 1. The Labute approximate surface area is 191 Å². The molecule has 1 fully saturated rings. The molecule has 1 aliphatic rings. The summed E-state index contributed by atoms with van der Waals surface area (Å²) in [5.74, 6) is 0.952. The van der Waals surface area contributed by atoms with Crippen LogP contribution in [0, 0.1) is 0 Å². The first-order valence-corrected chi connectivity index (χ1v) is 13.2. The molecular weight excluding hydrogens is 440 g/mol. The van der Waals surface area contributed by atoms with Gasteiger partial charge in [0.15, 0.2) is 0 Å². The molecule has 0 saturated carbocycles.